The molecule has 0 saturated heterocycles. The van der Waals surface area contributed by atoms with Crippen molar-refractivity contribution in [2.24, 2.45) is 0 Å². The molecule has 2 aromatic rings. The van der Waals surface area contributed by atoms with E-state index in [9.17, 15) is 9.59 Å². The lowest BCUT2D eigenvalue weighted by molar-refractivity contribution is -0.142. The van der Waals surface area contributed by atoms with E-state index in [2.05, 4.69) is 19.8 Å². The highest BCUT2D eigenvalue weighted by Crippen LogP contribution is 2.13. The minimum atomic E-state index is -0.631. The van der Waals surface area contributed by atoms with Crippen LogP contribution in [0.2, 0.25) is 5.15 Å². The average Bonchev–Trinajstić information content (AvgIpc) is 2.79. The molecule has 0 aromatic carbocycles. The first-order chi connectivity index (χ1) is 9.01. The van der Waals surface area contributed by atoms with Crippen LogP contribution in [0, 0.1) is 0 Å². The van der Waals surface area contributed by atoms with Crippen LogP contribution in [0.4, 0.5) is 0 Å². The number of fused-ring (bicyclic) bond motifs is 1. The third-order valence-corrected chi connectivity index (χ3v) is 2.38. The van der Waals surface area contributed by atoms with Crippen molar-refractivity contribution in [3.05, 3.63) is 22.7 Å². The zero-order chi connectivity index (χ0) is 14.0. The molecule has 0 aliphatic heterocycles. The quantitative estimate of drug-likeness (QED) is 0.602. The van der Waals surface area contributed by atoms with Crippen LogP contribution in [0.15, 0.2) is 6.07 Å². The van der Waals surface area contributed by atoms with Crippen molar-refractivity contribution in [2.45, 2.75) is 13.5 Å². The average molecular weight is 285 g/mol. The lowest BCUT2D eigenvalue weighted by atomic mass is 10.4. The number of methoxy groups -OCH3 is 1. The molecule has 0 saturated carbocycles. The Morgan fingerprint density at radius 2 is 2.16 bits per heavy atom. The van der Waals surface area contributed by atoms with E-state index in [1.807, 2.05) is 0 Å². The van der Waals surface area contributed by atoms with Gasteiger partial charge in [-0.2, -0.15) is 9.50 Å². The molecule has 19 heavy (non-hydrogen) atoms. The lowest BCUT2D eigenvalue weighted by Crippen LogP contribution is -2.06. The van der Waals surface area contributed by atoms with Gasteiger partial charge in [0.25, 0.3) is 5.78 Å². The van der Waals surface area contributed by atoms with Crippen LogP contribution in [0.1, 0.15) is 23.2 Å². The van der Waals surface area contributed by atoms with Crippen LogP contribution in [0.3, 0.4) is 0 Å². The van der Waals surface area contributed by atoms with Crippen molar-refractivity contribution >= 4 is 29.3 Å². The summed E-state index contributed by atoms with van der Waals surface area (Å²) in [7, 11) is 1.23. The largest absolute Gasteiger partial charge is 0.464 e. The minimum absolute atomic E-state index is 0.0198. The molecule has 0 spiro atoms. The number of esters is 2. The number of carbonyl (C=O) groups is 2. The molecule has 0 unspecified atom stereocenters. The Hall–Kier alpha value is -2.22. The van der Waals surface area contributed by atoms with Crippen molar-refractivity contribution in [3.8, 4) is 0 Å². The molecule has 0 amide bonds. The molecule has 8 nitrogen and oxygen atoms in total. The molecule has 2 rings (SSSR count). The summed E-state index contributed by atoms with van der Waals surface area (Å²) < 4.78 is 10.5. The fraction of sp³-hybridized carbons (Fsp3) is 0.300. The number of rotatable bonds is 3. The second-order valence-corrected chi connectivity index (χ2v) is 3.86. The highest BCUT2D eigenvalue weighted by Gasteiger charge is 2.15. The number of carbonyl (C=O) groups excluding carboxylic acids is 2. The fourth-order valence-corrected chi connectivity index (χ4v) is 1.53. The number of ether oxygens (including phenoxy) is 2. The summed E-state index contributed by atoms with van der Waals surface area (Å²) in [5.74, 6) is -0.733. The van der Waals surface area contributed by atoms with E-state index in [0.717, 1.165) is 0 Å². The van der Waals surface area contributed by atoms with Gasteiger partial charge in [-0.25, -0.2) is 9.78 Å². The summed E-state index contributed by atoms with van der Waals surface area (Å²) in [6, 6.07) is 1.31. The normalized spacial score (nSPS) is 10.5. The van der Waals surface area contributed by atoms with Crippen molar-refractivity contribution in [1.82, 2.24) is 19.6 Å². The summed E-state index contributed by atoms with van der Waals surface area (Å²) in [5.41, 5.74) is 0.0198. The zero-order valence-corrected chi connectivity index (χ0v) is 10.8. The van der Waals surface area contributed by atoms with Crippen LogP contribution in [-0.2, 0) is 20.9 Å². The van der Waals surface area contributed by atoms with Crippen LogP contribution < -0.4 is 0 Å². The third-order valence-electron chi connectivity index (χ3n) is 2.11. The Morgan fingerprint density at radius 1 is 1.42 bits per heavy atom. The first-order valence-corrected chi connectivity index (χ1v) is 5.53. The highest BCUT2D eigenvalue weighted by molar-refractivity contribution is 6.30. The Morgan fingerprint density at radius 3 is 2.79 bits per heavy atom. The highest BCUT2D eigenvalue weighted by atomic mass is 35.5. The molecule has 0 fully saturated rings. The van der Waals surface area contributed by atoms with E-state index < -0.39 is 11.9 Å². The number of nitrogens with zero attached hydrogens (tertiary/aromatic N) is 4. The van der Waals surface area contributed by atoms with Gasteiger partial charge in [0.1, 0.15) is 5.15 Å². The Bertz CT molecular complexity index is 654. The molecule has 0 aliphatic rings. The monoisotopic (exact) mass is 284 g/mol. The predicted molar refractivity (Wildman–Crippen MR) is 62.6 cm³/mol. The number of halogens is 1. The summed E-state index contributed by atoms with van der Waals surface area (Å²) in [6.45, 7) is 1.18. The van der Waals surface area contributed by atoms with Crippen molar-refractivity contribution in [1.29, 1.82) is 0 Å². The van der Waals surface area contributed by atoms with Gasteiger partial charge in [0, 0.05) is 13.0 Å². The van der Waals surface area contributed by atoms with Crippen molar-refractivity contribution in [2.75, 3.05) is 7.11 Å². The predicted octanol–water partition coefficient (Wildman–Crippen LogP) is 0.627. The van der Waals surface area contributed by atoms with Gasteiger partial charge in [0.05, 0.1) is 7.11 Å². The van der Waals surface area contributed by atoms with E-state index in [0.29, 0.717) is 0 Å². The summed E-state index contributed by atoms with van der Waals surface area (Å²) >= 11 is 5.94. The topological polar surface area (TPSA) is 95.7 Å². The molecular formula is C10H9ClN4O4. The lowest BCUT2D eigenvalue weighted by Gasteiger charge is -1.99. The van der Waals surface area contributed by atoms with Gasteiger partial charge in [-0.05, 0) is 0 Å². The van der Waals surface area contributed by atoms with Crippen molar-refractivity contribution < 1.29 is 19.1 Å². The van der Waals surface area contributed by atoms with Gasteiger partial charge in [0.15, 0.2) is 18.1 Å². The maximum absolute atomic E-state index is 11.4. The van der Waals surface area contributed by atoms with E-state index in [1.54, 1.807) is 0 Å². The molecule has 0 radical (unpaired) electrons. The van der Waals surface area contributed by atoms with Gasteiger partial charge < -0.3 is 9.47 Å². The molecule has 0 aliphatic carbocycles. The fourth-order valence-electron chi connectivity index (χ4n) is 1.31. The van der Waals surface area contributed by atoms with E-state index >= 15 is 0 Å². The maximum Gasteiger partial charge on any atom is 0.356 e. The van der Waals surface area contributed by atoms with Gasteiger partial charge >= 0.3 is 11.9 Å². The summed E-state index contributed by atoms with van der Waals surface area (Å²) in [5, 5.41) is 4.14. The second kappa shape index (κ2) is 5.19. The Labute approximate surface area is 112 Å². The van der Waals surface area contributed by atoms with Crippen LogP contribution in [0.5, 0.6) is 0 Å². The van der Waals surface area contributed by atoms with Crippen LogP contribution in [0.25, 0.3) is 5.78 Å². The van der Waals surface area contributed by atoms with Crippen molar-refractivity contribution in [3.63, 3.8) is 0 Å². The zero-order valence-electron chi connectivity index (χ0n) is 10.1. The van der Waals surface area contributed by atoms with E-state index in [4.69, 9.17) is 16.3 Å². The molecule has 0 N–H and O–H groups in total. The Kier molecular flexibility index (Phi) is 3.61. The third kappa shape index (κ3) is 2.79. The van der Waals surface area contributed by atoms with Gasteiger partial charge in [-0.15, -0.1) is 5.10 Å². The molecule has 2 aromatic heterocycles. The molecule has 0 bridgehead atoms. The number of aromatic nitrogens is 4. The number of hydrogen-bond donors (Lipinski definition) is 0. The molecule has 9 heteroatoms. The summed E-state index contributed by atoms with van der Waals surface area (Å²) in [6.07, 6.45) is 0. The number of hydrogen-bond acceptors (Lipinski definition) is 7. The Balaban J connectivity index is 2.39. The molecular weight excluding hydrogens is 276 g/mol. The van der Waals surface area contributed by atoms with Gasteiger partial charge in [-0.3, -0.25) is 4.79 Å². The maximum atomic E-state index is 11.4. The van der Waals surface area contributed by atoms with E-state index in [-0.39, 0.29) is 29.1 Å². The molecule has 2 heterocycles. The summed E-state index contributed by atoms with van der Waals surface area (Å²) in [4.78, 5) is 30.0. The van der Waals surface area contributed by atoms with Gasteiger partial charge in [-0.1, -0.05) is 11.6 Å². The SMILES string of the molecule is COC(=O)c1cc(Cl)n2nc(COC(C)=O)nc2n1. The first kappa shape index (κ1) is 13.2. The first-order valence-electron chi connectivity index (χ1n) is 5.15. The standard InChI is InChI=1S/C10H9ClN4O4/c1-5(16)19-4-8-13-10-12-6(9(17)18-2)3-7(11)15(10)14-8/h3H,4H2,1-2H3. The van der Waals surface area contributed by atoms with E-state index in [1.165, 1.54) is 24.6 Å². The van der Waals surface area contributed by atoms with Crippen LogP contribution in [-0.4, -0.2) is 38.6 Å². The minimum Gasteiger partial charge on any atom is -0.464 e. The molecule has 100 valence electrons. The smallest absolute Gasteiger partial charge is 0.356 e. The second-order valence-electron chi connectivity index (χ2n) is 3.48. The molecule has 0 atom stereocenters. The van der Waals surface area contributed by atoms with Gasteiger partial charge in [0.2, 0.25) is 0 Å². The van der Waals surface area contributed by atoms with Crippen LogP contribution >= 0.6 is 11.6 Å².